The molecule has 3 aromatic rings. The van der Waals surface area contributed by atoms with Crippen molar-refractivity contribution in [1.29, 1.82) is 0 Å². The van der Waals surface area contributed by atoms with Crippen molar-refractivity contribution in [3.63, 3.8) is 0 Å². The Labute approximate surface area is 169 Å². The summed E-state index contributed by atoms with van der Waals surface area (Å²) < 4.78 is 7.28. The number of hydrogen-bond acceptors (Lipinski definition) is 5. The summed E-state index contributed by atoms with van der Waals surface area (Å²) in [5, 5.41) is 10.6. The fourth-order valence-corrected chi connectivity index (χ4v) is 3.48. The monoisotopic (exact) mass is 389 g/mol. The molecule has 2 N–H and O–H groups in total. The van der Waals surface area contributed by atoms with Gasteiger partial charge in [0.25, 0.3) is 5.91 Å². The predicted molar refractivity (Wildman–Crippen MR) is 110 cm³/mol. The number of fused-ring (bicyclic) bond motifs is 1. The highest BCUT2D eigenvalue weighted by Crippen LogP contribution is 2.35. The van der Waals surface area contributed by atoms with Crippen LogP contribution >= 0.6 is 0 Å². The van der Waals surface area contributed by atoms with Gasteiger partial charge in [-0.1, -0.05) is 42.5 Å². The van der Waals surface area contributed by atoms with Crippen LogP contribution in [-0.4, -0.2) is 27.3 Å². The van der Waals surface area contributed by atoms with Crippen molar-refractivity contribution in [1.82, 2.24) is 20.1 Å². The minimum Gasteiger partial charge on any atom is -0.494 e. The average Bonchev–Trinajstić information content (AvgIpc) is 3.20. The predicted octanol–water partition coefficient (Wildman–Crippen LogP) is 3.28. The number of allylic oxidation sites excluding steroid dienone is 1. The Bertz CT molecular complexity index is 1020. The molecular formula is C22H23N5O2. The van der Waals surface area contributed by atoms with Crippen LogP contribution in [0.15, 0.2) is 72.2 Å². The van der Waals surface area contributed by atoms with E-state index >= 15 is 0 Å². The quantitative estimate of drug-likeness (QED) is 0.676. The van der Waals surface area contributed by atoms with Crippen molar-refractivity contribution in [2.24, 2.45) is 0 Å². The molecule has 148 valence electrons. The van der Waals surface area contributed by atoms with Crippen LogP contribution in [0.3, 0.4) is 0 Å². The number of ether oxygens (including phenoxy) is 1. The third-order valence-corrected chi connectivity index (χ3v) is 4.84. The largest absolute Gasteiger partial charge is 0.494 e. The lowest BCUT2D eigenvalue weighted by molar-refractivity contribution is -0.118. The summed E-state index contributed by atoms with van der Waals surface area (Å²) in [6, 6.07) is 17.2. The standard InChI is InChI=1S/C22H23N5O2/c1-3-29-18-11-9-17(10-12-18)20-19(15(2)26-22-24-14-25-27(20)22)21(28)23-13-16-7-5-4-6-8-16/h4-12,14,20H,3,13H2,1-2H3,(H,23,28)(H,24,25,26). The number of anilines is 1. The summed E-state index contributed by atoms with van der Waals surface area (Å²) in [5.74, 6) is 1.26. The number of carbonyl (C=O) groups is 1. The normalized spacial score (nSPS) is 15.4. The van der Waals surface area contributed by atoms with Gasteiger partial charge >= 0.3 is 0 Å². The first kappa shape index (κ1) is 18.7. The summed E-state index contributed by atoms with van der Waals surface area (Å²) in [7, 11) is 0. The highest BCUT2D eigenvalue weighted by Gasteiger charge is 2.33. The third-order valence-electron chi connectivity index (χ3n) is 4.84. The van der Waals surface area contributed by atoms with Gasteiger partial charge in [-0.2, -0.15) is 10.1 Å². The average molecular weight is 389 g/mol. The molecule has 4 rings (SSSR count). The second kappa shape index (κ2) is 8.18. The van der Waals surface area contributed by atoms with E-state index in [4.69, 9.17) is 4.74 Å². The summed E-state index contributed by atoms with van der Waals surface area (Å²) in [6.07, 6.45) is 1.49. The van der Waals surface area contributed by atoms with Crippen LogP contribution in [0.2, 0.25) is 0 Å². The van der Waals surface area contributed by atoms with Gasteiger partial charge in [-0.05, 0) is 37.1 Å². The van der Waals surface area contributed by atoms with Crippen molar-refractivity contribution < 1.29 is 9.53 Å². The minimum atomic E-state index is -0.375. The van der Waals surface area contributed by atoms with E-state index in [0.29, 0.717) is 24.7 Å². The maximum Gasteiger partial charge on any atom is 0.251 e. The van der Waals surface area contributed by atoms with Gasteiger partial charge in [-0.25, -0.2) is 4.68 Å². The van der Waals surface area contributed by atoms with Crippen LogP contribution in [0.1, 0.15) is 31.0 Å². The Kier molecular flexibility index (Phi) is 5.29. The number of benzene rings is 2. The maximum atomic E-state index is 13.2. The zero-order valence-electron chi connectivity index (χ0n) is 16.4. The first-order valence-electron chi connectivity index (χ1n) is 9.59. The highest BCUT2D eigenvalue weighted by molar-refractivity contribution is 5.96. The number of hydrogen-bond donors (Lipinski definition) is 2. The number of carbonyl (C=O) groups excluding carboxylic acids is 1. The van der Waals surface area contributed by atoms with Gasteiger partial charge in [0.15, 0.2) is 0 Å². The maximum absolute atomic E-state index is 13.2. The molecule has 7 nitrogen and oxygen atoms in total. The van der Waals surface area contributed by atoms with E-state index in [1.807, 2.05) is 68.4 Å². The van der Waals surface area contributed by atoms with Crippen LogP contribution in [0.4, 0.5) is 5.95 Å². The molecule has 1 aliphatic heterocycles. The van der Waals surface area contributed by atoms with Crippen LogP contribution < -0.4 is 15.4 Å². The molecule has 2 heterocycles. The number of nitrogens with one attached hydrogen (secondary N) is 2. The Balaban J connectivity index is 1.65. The number of nitrogens with zero attached hydrogens (tertiary/aromatic N) is 3. The van der Waals surface area contributed by atoms with Crippen LogP contribution in [0, 0.1) is 0 Å². The molecule has 0 aliphatic carbocycles. The van der Waals surface area contributed by atoms with Gasteiger partial charge < -0.3 is 15.4 Å². The number of aromatic nitrogens is 3. The van der Waals surface area contributed by atoms with E-state index in [1.54, 1.807) is 4.68 Å². The van der Waals surface area contributed by atoms with E-state index in [0.717, 1.165) is 22.6 Å². The van der Waals surface area contributed by atoms with Gasteiger partial charge in [-0.3, -0.25) is 4.79 Å². The van der Waals surface area contributed by atoms with Gasteiger partial charge in [0.1, 0.15) is 18.1 Å². The molecule has 0 saturated carbocycles. The minimum absolute atomic E-state index is 0.140. The fraction of sp³-hybridized carbons (Fsp3) is 0.227. The van der Waals surface area contributed by atoms with E-state index in [-0.39, 0.29) is 11.9 Å². The molecule has 0 spiro atoms. The SMILES string of the molecule is CCOc1ccc(C2C(C(=O)NCc3ccccc3)=C(C)Nc3ncnn32)cc1. The van der Waals surface area contributed by atoms with Gasteiger partial charge in [0, 0.05) is 12.2 Å². The lowest BCUT2D eigenvalue weighted by Gasteiger charge is -2.28. The Morgan fingerprint density at radius 1 is 1.17 bits per heavy atom. The Morgan fingerprint density at radius 3 is 2.66 bits per heavy atom. The molecule has 29 heavy (non-hydrogen) atoms. The smallest absolute Gasteiger partial charge is 0.251 e. The summed E-state index contributed by atoms with van der Waals surface area (Å²) >= 11 is 0. The molecule has 1 aromatic heterocycles. The van der Waals surface area contributed by atoms with E-state index < -0.39 is 0 Å². The molecule has 0 fully saturated rings. The van der Waals surface area contributed by atoms with Crippen LogP contribution in [0.5, 0.6) is 5.75 Å². The first-order chi connectivity index (χ1) is 14.2. The number of amides is 1. The van der Waals surface area contributed by atoms with Gasteiger partial charge in [0.2, 0.25) is 5.95 Å². The summed E-state index contributed by atoms with van der Waals surface area (Å²) in [6.45, 7) is 4.89. The first-order valence-corrected chi connectivity index (χ1v) is 9.59. The van der Waals surface area contributed by atoms with Crippen molar-refractivity contribution >= 4 is 11.9 Å². The van der Waals surface area contributed by atoms with Crippen LogP contribution in [0.25, 0.3) is 0 Å². The van der Waals surface area contributed by atoms with Gasteiger partial charge in [0.05, 0.1) is 12.2 Å². The van der Waals surface area contributed by atoms with Crippen molar-refractivity contribution in [2.45, 2.75) is 26.4 Å². The molecule has 2 aromatic carbocycles. The van der Waals surface area contributed by atoms with E-state index in [1.165, 1.54) is 6.33 Å². The van der Waals surface area contributed by atoms with Crippen molar-refractivity contribution in [3.05, 3.63) is 83.3 Å². The molecule has 1 amide bonds. The molecule has 0 bridgehead atoms. The topological polar surface area (TPSA) is 81.1 Å². The van der Waals surface area contributed by atoms with Gasteiger partial charge in [-0.15, -0.1) is 0 Å². The molecule has 1 atom stereocenters. The Morgan fingerprint density at radius 2 is 1.93 bits per heavy atom. The third kappa shape index (κ3) is 3.85. The van der Waals surface area contributed by atoms with Crippen LogP contribution in [-0.2, 0) is 11.3 Å². The fourth-order valence-electron chi connectivity index (χ4n) is 3.48. The summed E-state index contributed by atoms with van der Waals surface area (Å²) in [4.78, 5) is 17.4. The molecule has 7 heteroatoms. The molecule has 0 saturated heterocycles. The zero-order valence-corrected chi connectivity index (χ0v) is 16.4. The molecule has 1 unspecified atom stereocenters. The Hall–Kier alpha value is -3.61. The van der Waals surface area contributed by atoms with Crippen molar-refractivity contribution in [3.8, 4) is 5.75 Å². The lowest BCUT2D eigenvalue weighted by atomic mass is 9.95. The second-order valence-electron chi connectivity index (χ2n) is 6.76. The second-order valence-corrected chi connectivity index (χ2v) is 6.76. The highest BCUT2D eigenvalue weighted by atomic mass is 16.5. The van der Waals surface area contributed by atoms with E-state index in [2.05, 4.69) is 20.7 Å². The molecular weight excluding hydrogens is 366 g/mol. The molecule has 0 radical (unpaired) electrons. The molecule has 1 aliphatic rings. The zero-order chi connectivity index (χ0) is 20.2. The van der Waals surface area contributed by atoms with Crippen molar-refractivity contribution in [2.75, 3.05) is 11.9 Å². The lowest BCUT2D eigenvalue weighted by Crippen LogP contribution is -2.34. The summed E-state index contributed by atoms with van der Waals surface area (Å²) in [5.41, 5.74) is 3.35. The van der Waals surface area contributed by atoms with E-state index in [9.17, 15) is 4.79 Å². The number of rotatable bonds is 6.